The standard InChI is InChI=1S/C16H24N2O2/c1-16(2,3)20-15(19)18-10-9-17-12-14(18)11-13-7-5-4-6-8-13/h4-8,14,17H,9-12H2,1-3H3/t14-/m1/s1. The van der Waals surface area contributed by atoms with E-state index in [1.54, 1.807) is 0 Å². The second-order valence-electron chi connectivity index (χ2n) is 6.22. The Kier molecular flexibility index (Phi) is 4.65. The number of nitrogens with one attached hydrogen (secondary N) is 1. The Morgan fingerprint density at radius 2 is 2.05 bits per heavy atom. The van der Waals surface area contributed by atoms with E-state index < -0.39 is 5.60 Å². The van der Waals surface area contributed by atoms with Crippen LogP contribution in [-0.4, -0.2) is 42.3 Å². The zero-order valence-corrected chi connectivity index (χ0v) is 12.6. The van der Waals surface area contributed by atoms with Crippen LogP contribution in [-0.2, 0) is 11.2 Å². The van der Waals surface area contributed by atoms with E-state index in [1.165, 1.54) is 5.56 Å². The second kappa shape index (κ2) is 6.27. The Morgan fingerprint density at radius 1 is 1.35 bits per heavy atom. The number of carbonyl (C=O) groups is 1. The van der Waals surface area contributed by atoms with Crippen molar-refractivity contribution in [3.05, 3.63) is 35.9 Å². The van der Waals surface area contributed by atoms with Gasteiger partial charge in [0, 0.05) is 19.6 Å². The lowest BCUT2D eigenvalue weighted by Gasteiger charge is -2.37. The summed E-state index contributed by atoms with van der Waals surface area (Å²) in [6.07, 6.45) is 0.646. The van der Waals surface area contributed by atoms with Crippen LogP contribution in [0.25, 0.3) is 0 Å². The molecule has 1 amide bonds. The zero-order chi connectivity index (χ0) is 14.6. The molecule has 1 aromatic carbocycles. The van der Waals surface area contributed by atoms with Gasteiger partial charge >= 0.3 is 6.09 Å². The Morgan fingerprint density at radius 3 is 2.70 bits per heavy atom. The molecule has 0 spiro atoms. The summed E-state index contributed by atoms with van der Waals surface area (Å²) in [6, 6.07) is 10.4. The zero-order valence-electron chi connectivity index (χ0n) is 12.6. The van der Waals surface area contributed by atoms with Crippen LogP contribution in [0.3, 0.4) is 0 Å². The van der Waals surface area contributed by atoms with Crippen molar-refractivity contribution in [1.82, 2.24) is 10.2 Å². The van der Waals surface area contributed by atoms with E-state index in [9.17, 15) is 4.79 Å². The van der Waals surface area contributed by atoms with Gasteiger partial charge in [0.2, 0.25) is 0 Å². The van der Waals surface area contributed by atoms with E-state index in [0.29, 0.717) is 6.54 Å². The molecule has 0 aromatic heterocycles. The van der Waals surface area contributed by atoms with E-state index in [0.717, 1.165) is 19.5 Å². The summed E-state index contributed by atoms with van der Waals surface area (Å²) in [5, 5.41) is 3.35. The number of rotatable bonds is 2. The molecule has 1 aliphatic rings. The molecule has 0 bridgehead atoms. The third kappa shape index (κ3) is 4.23. The summed E-state index contributed by atoms with van der Waals surface area (Å²) in [5.41, 5.74) is 0.800. The maximum Gasteiger partial charge on any atom is 0.410 e. The first-order valence-electron chi connectivity index (χ1n) is 7.20. The van der Waals surface area contributed by atoms with Gasteiger partial charge in [-0.05, 0) is 32.8 Å². The molecule has 0 saturated carbocycles. The predicted molar refractivity (Wildman–Crippen MR) is 79.7 cm³/mol. The van der Waals surface area contributed by atoms with Crippen LogP contribution in [0, 0.1) is 0 Å². The van der Waals surface area contributed by atoms with Gasteiger partial charge in [0.05, 0.1) is 6.04 Å². The van der Waals surface area contributed by atoms with Crippen LogP contribution in [0.4, 0.5) is 4.79 Å². The number of benzene rings is 1. The number of piperazine rings is 1. The van der Waals surface area contributed by atoms with Gasteiger partial charge in [-0.3, -0.25) is 0 Å². The van der Waals surface area contributed by atoms with E-state index in [1.807, 2.05) is 43.9 Å². The topological polar surface area (TPSA) is 41.6 Å². The van der Waals surface area contributed by atoms with Gasteiger partial charge in [-0.15, -0.1) is 0 Å². The third-order valence-electron chi connectivity index (χ3n) is 3.29. The first-order chi connectivity index (χ1) is 9.46. The monoisotopic (exact) mass is 276 g/mol. The van der Waals surface area contributed by atoms with E-state index in [4.69, 9.17) is 4.74 Å². The fourth-order valence-corrected chi connectivity index (χ4v) is 2.39. The van der Waals surface area contributed by atoms with Gasteiger partial charge < -0.3 is 15.0 Å². The van der Waals surface area contributed by atoms with Crippen molar-refractivity contribution < 1.29 is 9.53 Å². The molecule has 1 aliphatic heterocycles. The molecule has 1 fully saturated rings. The highest BCUT2D eigenvalue weighted by Crippen LogP contribution is 2.16. The summed E-state index contributed by atoms with van der Waals surface area (Å²) >= 11 is 0. The minimum atomic E-state index is -0.445. The van der Waals surface area contributed by atoms with Gasteiger partial charge in [0.25, 0.3) is 0 Å². The third-order valence-corrected chi connectivity index (χ3v) is 3.29. The molecule has 1 heterocycles. The van der Waals surface area contributed by atoms with Crippen molar-refractivity contribution in [1.29, 1.82) is 0 Å². The molecular formula is C16H24N2O2. The van der Waals surface area contributed by atoms with Crippen molar-refractivity contribution in [2.45, 2.75) is 38.8 Å². The Balaban J connectivity index is 2.03. The Hall–Kier alpha value is -1.55. The average molecular weight is 276 g/mol. The van der Waals surface area contributed by atoms with Crippen LogP contribution in [0.5, 0.6) is 0 Å². The van der Waals surface area contributed by atoms with Crippen LogP contribution in [0.2, 0.25) is 0 Å². The molecule has 0 unspecified atom stereocenters. The van der Waals surface area contributed by atoms with E-state index in [-0.39, 0.29) is 12.1 Å². The number of hydrogen-bond acceptors (Lipinski definition) is 3. The van der Waals surface area contributed by atoms with Gasteiger partial charge in [-0.25, -0.2) is 4.79 Å². The van der Waals surface area contributed by atoms with Crippen molar-refractivity contribution in [2.75, 3.05) is 19.6 Å². The number of carbonyl (C=O) groups excluding carboxylic acids is 1. The van der Waals surface area contributed by atoms with Crippen LogP contribution >= 0.6 is 0 Å². The molecule has 4 heteroatoms. The minimum Gasteiger partial charge on any atom is -0.444 e. The lowest BCUT2D eigenvalue weighted by Crippen LogP contribution is -2.55. The van der Waals surface area contributed by atoms with Crippen LogP contribution in [0.15, 0.2) is 30.3 Å². The first kappa shape index (κ1) is 14.9. The predicted octanol–water partition coefficient (Wildman–Crippen LogP) is 2.44. The number of amides is 1. The fourth-order valence-electron chi connectivity index (χ4n) is 2.39. The smallest absolute Gasteiger partial charge is 0.410 e. The molecule has 2 rings (SSSR count). The van der Waals surface area contributed by atoms with Gasteiger partial charge in [-0.2, -0.15) is 0 Å². The Labute approximate surface area is 121 Å². The lowest BCUT2D eigenvalue weighted by molar-refractivity contribution is 0.0122. The molecule has 110 valence electrons. The summed E-state index contributed by atoms with van der Waals surface area (Å²) in [7, 11) is 0. The SMILES string of the molecule is CC(C)(C)OC(=O)N1CCNC[C@H]1Cc1ccccc1. The second-order valence-corrected chi connectivity index (χ2v) is 6.22. The van der Waals surface area contributed by atoms with E-state index >= 15 is 0 Å². The molecule has 0 aliphatic carbocycles. The number of hydrogen-bond donors (Lipinski definition) is 1. The summed E-state index contributed by atoms with van der Waals surface area (Å²) in [6.45, 7) is 8.04. The minimum absolute atomic E-state index is 0.154. The molecule has 1 aromatic rings. The maximum absolute atomic E-state index is 12.3. The van der Waals surface area contributed by atoms with Crippen LogP contribution in [0.1, 0.15) is 26.3 Å². The van der Waals surface area contributed by atoms with Gasteiger partial charge in [0.15, 0.2) is 0 Å². The first-order valence-corrected chi connectivity index (χ1v) is 7.20. The van der Waals surface area contributed by atoms with Gasteiger partial charge in [0.1, 0.15) is 5.60 Å². The fraction of sp³-hybridized carbons (Fsp3) is 0.562. The molecule has 20 heavy (non-hydrogen) atoms. The highest BCUT2D eigenvalue weighted by atomic mass is 16.6. The molecule has 0 radical (unpaired) electrons. The van der Waals surface area contributed by atoms with Crippen molar-refractivity contribution in [3.8, 4) is 0 Å². The molecule has 1 saturated heterocycles. The summed E-state index contributed by atoms with van der Waals surface area (Å²) < 4.78 is 5.50. The van der Waals surface area contributed by atoms with Crippen molar-refractivity contribution >= 4 is 6.09 Å². The average Bonchev–Trinajstić information content (AvgIpc) is 2.38. The largest absolute Gasteiger partial charge is 0.444 e. The number of nitrogens with zero attached hydrogens (tertiary/aromatic N) is 1. The van der Waals surface area contributed by atoms with E-state index in [2.05, 4.69) is 17.4 Å². The maximum atomic E-state index is 12.3. The van der Waals surface area contributed by atoms with Crippen molar-refractivity contribution in [2.24, 2.45) is 0 Å². The van der Waals surface area contributed by atoms with Crippen LogP contribution < -0.4 is 5.32 Å². The van der Waals surface area contributed by atoms with Gasteiger partial charge in [-0.1, -0.05) is 30.3 Å². The normalized spacial score (nSPS) is 19.8. The van der Waals surface area contributed by atoms with Crippen molar-refractivity contribution in [3.63, 3.8) is 0 Å². The highest BCUT2D eigenvalue weighted by Gasteiger charge is 2.30. The summed E-state index contributed by atoms with van der Waals surface area (Å²) in [4.78, 5) is 14.1. The number of ether oxygens (including phenoxy) is 1. The lowest BCUT2D eigenvalue weighted by atomic mass is 10.0. The highest BCUT2D eigenvalue weighted by molar-refractivity contribution is 5.68. The molecular weight excluding hydrogens is 252 g/mol. The Bertz CT molecular complexity index is 440. The summed E-state index contributed by atoms with van der Waals surface area (Å²) in [5.74, 6) is 0. The molecule has 4 nitrogen and oxygen atoms in total. The molecule has 1 N–H and O–H groups in total. The molecule has 1 atom stereocenters. The quantitative estimate of drug-likeness (QED) is 0.902.